The third kappa shape index (κ3) is 3.93. The van der Waals surface area contributed by atoms with E-state index in [2.05, 4.69) is 16.7 Å². The van der Waals surface area contributed by atoms with Crippen molar-refractivity contribution < 1.29 is 9.53 Å². The van der Waals surface area contributed by atoms with Gasteiger partial charge in [0.2, 0.25) is 0 Å². The maximum Gasteiger partial charge on any atom is 0.307 e. The van der Waals surface area contributed by atoms with Crippen molar-refractivity contribution in [3.63, 3.8) is 0 Å². The summed E-state index contributed by atoms with van der Waals surface area (Å²) in [7, 11) is 1.45. The fourth-order valence-electron chi connectivity index (χ4n) is 1.96. The molecule has 1 aliphatic heterocycles. The van der Waals surface area contributed by atoms with E-state index in [0.717, 1.165) is 19.5 Å². The second-order valence-electron chi connectivity index (χ2n) is 3.83. The largest absolute Gasteiger partial charge is 0.469 e. The first kappa shape index (κ1) is 12.1. The number of nitrogens with zero attached hydrogens (tertiary/aromatic N) is 1. The molecule has 1 fully saturated rings. The lowest BCUT2D eigenvalue weighted by Crippen LogP contribution is -2.41. The average molecular weight is 209 g/mol. The fourth-order valence-corrected chi connectivity index (χ4v) is 1.96. The van der Waals surface area contributed by atoms with Crippen LogP contribution in [0.4, 0.5) is 0 Å². The molecule has 15 heavy (non-hydrogen) atoms. The highest BCUT2D eigenvalue weighted by Gasteiger charge is 2.24. The molecule has 84 valence electrons. The molecule has 0 aliphatic carbocycles. The highest BCUT2D eigenvalue weighted by molar-refractivity contribution is 5.69. The van der Waals surface area contributed by atoms with Crippen molar-refractivity contribution in [1.82, 2.24) is 4.90 Å². The molecule has 0 bridgehead atoms. The van der Waals surface area contributed by atoms with Gasteiger partial charge in [-0.25, -0.2) is 0 Å². The Morgan fingerprint density at radius 3 is 3.00 bits per heavy atom. The Balaban J connectivity index is 2.48. The highest BCUT2D eigenvalue weighted by Crippen LogP contribution is 2.19. The molecule has 0 saturated carbocycles. The molecule has 3 heteroatoms. The van der Waals surface area contributed by atoms with Crippen LogP contribution in [0.2, 0.25) is 0 Å². The maximum absolute atomic E-state index is 11.2. The third-order valence-corrected chi connectivity index (χ3v) is 2.84. The van der Waals surface area contributed by atoms with Crippen molar-refractivity contribution in [2.45, 2.75) is 38.6 Å². The standard InChI is InChI=1S/C12H19NO2/c1-3-4-8-13-9-6-5-7-11(13)10-12(14)15-2/h11H,5-10H2,1-2H3. The van der Waals surface area contributed by atoms with Gasteiger partial charge in [-0.2, -0.15) is 0 Å². The van der Waals surface area contributed by atoms with Crippen LogP contribution in [0.25, 0.3) is 0 Å². The number of hydrogen-bond donors (Lipinski definition) is 0. The molecular formula is C12H19NO2. The second-order valence-corrected chi connectivity index (χ2v) is 3.83. The normalized spacial score (nSPS) is 21.6. The minimum absolute atomic E-state index is 0.114. The average Bonchev–Trinajstić information content (AvgIpc) is 2.28. The molecule has 0 amide bonds. The fraction of sp³-hybridized carbons (Fsp3) is 0.750. The van der Waals surface area contributed by atoms with Gasteiger partial charge in [0.25, 0.3) is 0 Å². The molecule has 0 radical (unpaired) electrons. The molecule has 1 aliphatic rings. The van der Waals surface area contributed by atoms with Crippen molar-refractivity contribution >= 4 is 5.97 Å². The van der Waals surface area contributed by atoms with Gasteiger partial charge < -0.3 is 4.74 Å². The number of rotatable bonds is 3. The van der Waals surface area contributed by atoms with Crippen LogP contribution in [0, 0.1) is 11.8 Å². The van der Waals surface area contributed by atoms with Crippen LogP contribution in [0.5, 0.6) is 0 Å². The zero-order chi connectivity index (χ0) is 11.1. The van der Waals surface area contributed by atoms with Crippen molar-refractivity contribution in [3.05, 3.63) is 0 Å². The molecule has 1 rings (SSSR count). The summed E-state index contributed by atoms with van der Waals surface area (Å²) in [5, 5.41) is 0. The molecule has 3 nitrogen and oxygen atoms in total. The van der Waals surface area contributed by atoms with Crippen LogP contribution in [-0.4, -0.2) is 37.1 Å². The molecule has 0 aromatic rings. The third-order valence-electron chi connectivity index (χ3n) is 2.84. The maximum atomic E-state index is 11.2. The van der Waals surface area contributed by atoms with Crippen LogP contribution in [0.3, 0.4) is 0 Å². The number of esters is 1. The predicted octanol–water partition coefficient (Wildman–Crippen LogP) is 1.43. The molecule has 0 N–H and O–H groups in total. The van der Waals surface area contributed by atoms with Crippen LogP contribution in [0.15, 0.2) is 0 Å². The van der Waals surface area contributed by atoms with Crippen LogP contribution < -0.4 is 0 Å². The number of ether oxygens (including phenoxy) is 1. The zero-order valence-corrected chi connectivity index (χ0v) is 9.58. The summed E-state index contributed by atoms with van der Waals surface area (Å²) in [6, 6.07) is 0.326. The molecule has 1 heterocycles. The zero-order valence-electron chi connectivity index (χ0n) is 9.58. The van der Waals surface area contributed by atoms with Crippen molar-refractivity contribution in [2.24, 2.45) is 0 Å². The number of carbonyl (C=O) groups excluding carboxylic acids is 1. The molecule has 0 spiro atoms. The number of methoxy groups -OCH3 is 1. The number of piperidine rings is 1. The summed E-state index contributed by atoms with van der Waals surface area (Å²) in [6.45, 7) is 3.67. The van der Waals surface area contributed by atoms with E-state index in [9.17, 15) is 4.79 Å². The van der Waals surface area contributed by atoms with Gasteiger partial charge in [0.15, 0.2) is 0 Å². The number of hydrogen-bond acceptors (Lipinski definition) is 3. The first-order chi connectivity index (χ1) is 7.27. The van der Waals surface area contributed by atoms with E-state index < -0.39 is 0 Å². The van der Waals surface area contributed by atoms with Gasteiger partial charge in [-0.05, 0) is 26.3 Å². The second kappa shape index (κ2) is 6.47. The number of likely N-dealkylation sites (tertiary alicyclic amines) is 1. The van der Waals surface area contributed by atoms with E-state index in [4.69, 9.17) is 4.74 Å². The Bertz CT molecular complexity index is 265. The molecule has 0 aromatic carbocycles. The summed E-state index contributed by atoms with van der Waals surface area (Å²) in [5.41, 5.74) is 0. The molecule has 0 aromatic heterocycles. The van der Waals surface area contributed by atoms with E-state index in [1.54, 1.807) is 0 Å². The van der Waals surface area contributed by atoms with Gasteiger partial charge >= 0.3 is 5.97 Å². The van der Waals surface area contributed by atoms with Gasteiger partial charge in [0.05, 0.1) is 20.1 Å². The van der Waals surface area contributed by atoms with E-state index in [-0.39, 0.29) is 5.97 Å². The van der Waals surface area contributed by atoms with Gasteiger partial charge in [-0.3, -0.25) is 9.69 Å². The van der Waals surface area contributed by atoms with Crippen LogP contribution >= 0.6 is 0 Å². The van der Waals surface area contributed by atoms with Crippen molar-refractivity contribution in [3.8, 4) is 11.8 Å². The minimum Gasteiger partial charge on any atom is -0.469 e. The van der Waals surface area contributed by atoms with E-state index in [1.807, 2.05) is 6.92 Å². The van der Waals surface area contributed by atoms with Gasteiger partial charge in [0.1, 0.15) is 0 Å². The van der Waals surface area contributed by atoms with E-state index in [1.165, 1.54) is 20.0 Å². The SMILES string of the molecule is CC#CCN1CCCCC1CC(=O)OC. The topological polar surface area (TPSA) is 29.5 Å². The van der Waals surface area contributed by atoms with E-state index in [0.29, 0.717) is 12.5 Å². The molecule has 1 saturated heterocycles. The summed E-state index contributed by atoms with van der Waals surface area (Å²) in [5.74, 6) is 5.84. The van der Waals surface area contributed by atoms with E-state index >= 15 is 0 Å². The highest BCUT2D eigenvalue weighted by atomic mass is 16.5. The first-order valence-electron chi connectivity index (χ1n) is 5.48. The van der Waals surface area contributed by atoms with Crippen molar-refractivity contribution in [2.75, 3.05) is 20.2 Å². The first-order valence-corrected chi connectivity index (χ1v) is 5.48. The summed E-state index contributed by atoms with van der Waals surface area (Å²) < 4.78 is 4.70. The Hall–Kier alpha value is -1.01. The van der Waals surface area contributed by atoms with Gasteiger partial charge in [0, 0.05) is 6.04 Å². The Kier molecular flexibility index (Phi) is 5.20. The lowest BCUT2D eigenvalue weighted by atomic mass is 9.99. The smallest absolute Gasteiger partial charge is 0.307 e. The van der Waals surface area contributed by atoms with Crippen LogP contribution in [0.1, 0.15) is 32.6 Å². The molecular weight excluding hydrogens is 190 g/mol. The monoisotopic (exact) mass is 209 g/mol. The van der Waals surface area contributed by atoms with Gasteiger partial charge in [-0.1, -0.05) is 12.3 Å². The predicted molar refractivity (Wildman–Crippen MR) is 59.3 cm³/mol. The van der Waals surface area contributed by atoms with Gasteiger partial charge in [-0.15, -0.1) is 5.92 Å². The number of carbonyl (C=O) groups is 1. The quantitative estimate of drug-likeness (QED) is 0.520. The summed E-state index contributed by atoms with van der Waals surface area (Å²) in [4.78, 5) is 13.5. The summed E-state index contributed by atoms with van der Waals surface area (Å²) in [6.07, 6.45) is 4.00. The van der Waals surface area contributed by atoms with Crippen molar-refractivity contribution in [1.29, 1.82) is 0 Å². The summed E-state index contributed by atoms with van der Waals surface area (Å²) >= 11 is 0. The Morgan fingerprint density at radius 2 is 2.33 bits per heavy atom. The lowest BCUT2D eigenvalue weighted by molar-refractivity contribution is -0.142. The Morgan fingerprint density at radius 1 is 1.53 bits per heavy atom. The van der Waals surface area contributed by atoms with Crippen LogP contribution in [-0.2, 0) is 9.53 Å². The minimum atomic E-state index is -0.114. The lowest BCUT2D eigenvalue weighted by Gasteiger charge is -2.33. The molecule has 1 atom stereocenters. The Labute approximate surface area is 91.8 Å². The molecule has 1 unspecified atom stereocenters.